The molecular weight excluding hydrogens is 162 g/mol. The highest BCUT2D eigenvalue weighted by molar-refractivity contribution is 4.97. The minimum atomic E-state index is 0.413. The van der Waals surface area contributed by atoms with Crippen LogP contribution in [0.15, 0.2) is 0 Å². The van der Waals surface area contributed by atoms with Gasteiger partial charge in [0.1, 0.15) is 0 Å². The van der Waals surface area contributed by atoms with E-state index in [1.165, 1.54) is 12.8 Å². The smallest absolute Gasteiger partial charge is 0.0635 e. The van der Waals surface area contributed by atoms with Crippen molar-refractivity contribution in [3.05, 3.63) is 0 Å². The van der Waals surface area contributed by atoms with E-state index in [9.17, 15) is 0 Å². The second-order valence-corrected chi connectivity index (χ2v) is 4.26. The number of piperidine rings is 1. The van der Waals surface area contributed by atoms with E-state index in [-0.39, 0.29) is 0 Å². The van der Waals surface area contributed by atoms with Crippen molar-refractivity contribution in [2.45, 2.75) is 50.2 Å². The Morgan fingerprint density at radius 1 is 1.31 bits per heavy atom. The summed E-state index contributed by atoms with van der Waals surface area (Å²) in [5.41, 5.74) is 5.95. The second-order valence-electron chi connectivity index (χ2n) is 4.26. The molecular formula is C10H17N3. The third kappa shape index (κ3) is 1.70. The molecule has 2 aliphatic rings. The Labute approximate surface area is 79.5 Å². The van der Waals surface area contributed by atoms with E-state index in [0.717, 1.165) is 19.4 Å². The summed E-state index contributed by atoms with van der Waals surface area (Å²) >= 11 is 0. The lowest BCUT2D eigenvalue weighted by Gasteiger charge is -2.37. The number of nitrogens with two attached hydrogens (primary N) is 1. The summed E-state index contributed by atoms with van der Waals surface area (Å²) in [5, 5.41) is 8.54. The Bertz CT molecular complexity index is 207. The second kappa shape index (κ2) is 3.65. The number of rotatable bonds is 2. The van der Waals surface area contributed by atoms with Crippen LogP contribution in [0.1, 0.15) is 32.1 Å². The highest BCUT2D eigenvalue weighted by Gasteiger charge is 2.38. The predicted octanol–water partition coefficient (Wildman–Crippen LogP) is 0.854. The van der Waals surface area contributed by atoms with E-state index >= 15 is 0 Å². The first-order chi connectivity index (χ1) is 6.31. The standard InChI is InChI=1S/C10H17N3/c11-4-1-5-13-9-2-3-10(13)7-8(12)6-9/h8-10H,1-3,5-7,12H2/t8-,9-,10+. The van der Waals surface area contributed by atoms with E-state index in [2.05, 4.69) is 11.0 Å². The molecule has 0 radical (unpaired) electrons. The lowest BCUT2D eigenvalue weighted by molar-refractivity contribution is 0.131. The summed E-state index contributed by atoms with van der Waals surface area (Å²) in [7, 11) is 0. The topological polar surface area (TPSA) is 53.0 Å². The van der Waals surface area contributed by atoms with Crippen molar-refractivity contribution in [1.29, 1.82) is 5.26 Å². The number of hydrogen-bond acceptors (Lipinski definition) is 3. The number of hydrogen-bond donors (Lipinski definition) is 1. The van der Waals surface area contributed by atoms with Crippen molar-refractivity contribution in [2.24, 2.45) is 5.73 Å². The average Bonchev–Trinajstić information content (AvgIpc) is 2.33. The van der Waals surface area contributed by atoms with Crippen LogP contribution in [0.4, 0.5) is 0 Å². The first-order valence-corrected chi connectivity index (χ1v) is 5.19. The fraction of sp³-hybridized carbons (Fsp3) is 0.900. The normalized spacial score (nSPS) is 38.9. The Hall–Kier alpha value is -0.590. The zero-order valence-corrected chi connectivity index (χ0v) is 7.95. The molecule has 3 atom stereocenters. The summed E-state index contributed by atoms with van der Waals surface area (Å²) in [6.45, 7) is 0.957. The van der Waals surface area contributed by atoms with Gasteiger partial charge < -0.3 is 5.73 Å². The van der Waals surface area contributed by atoms with Crippen LogP contribution in [0.5, 0.6) is 0 Å². The molecule has 2 N–H and O–H groups in total. The Balaban J connectivity index is 1.95. The minimum absolute atomic E-state index is 0.413. The van der Waals surface area contributed by atoms with Gasteiger partial charge in [-0.25, -0.2) is 0 Å². The highest BCUT2D eigenvalue weighted by Crippen LogP contribution is 2.34. The van der Waals surface area contributed by atoms with Crippen LogP contribution in [0, 0.1) is 11.3 Å². The molecule has 2 aliphatic heterocycles. The van der Waals surface area contributed by atoms with Gasteiger partial charge in [-0.05, 0) is 25.7 Å². The SMILES string of the molecule is N#CCCN1[C@@H]2CC[C@H]1C[C@H](N)C2. The summed E-state index contributed by atoms with van der Waals surface area (Å²) < 4.78 is 0. The first-order valence-electron chi connectivity index (χ1n) is 5.19. The van der Waals surface area contributed by atoms with Gasteiger partial charge in [0.2, 0.25) is 0 Å². The van der Waals surface area contributed by atoms with Gasteiger partial charge in [-0.1, -0.05) is 0 Å². The summed E-state index contributed by atoms with van der Waals surface area (Å²) in [6, 6.07) is 4.00. The number of nitriles is 1. The van der Waals surface area contributed by atoms with E-state index in [0.29, 0.717) is 24.5 Å². The van der Waals surface area contributed by atoms with E-state index in [1.54, 1.807) is 0 Å². The first kappa shape index (κ1) is 8.98. The van der Waals surface area contributed by atoms with Gasteiger partial charge in [0, 0.05) is 31.1 Å². The van der Waals surface area contributed by atoms with Crippen LogP contribution in [-0.4, -0.2) is 29.6 Å². The van der Waals surface area contributed by atoms with Crippen LogP contribution in [0.2, 0.25) is 0 Å². The molecule has 0 aliphatic carbocycles. The molecule has 3 heteroatoms. The maximum atomic E-state index is 8.54. The molecule has 2 rings (SSSR count). The lowest BCUT2D eigenvalue weighted by atomic mass is 9.98. The van der Waals surface area contributed by atoms with Crippen molar-refractivity contribution in [3.63, 3.8) is 0 Å². The molecule has 0 aromatic rings. The van der Waals surface area contributed by atoms with Crippen LogP contribution in [0.3, 0.4) is 0 Å². The van der Waals surface area contributed by atoms with Crippen LogP contribution >= 0.6 is 0 Å². The molecule has 2 fully saturated rings. The van der Waals surface area contributed by atoms with Crippen LogP contribution in [0.25, 0.3) is 0 Å². The molecule has 3 nitrogen and oxygen atoms in total. The van der Waals surface area contributed by atoms with Crippen molar-refractivity contribution < 1.29 is 0 Å². The molecule has 2 heterocycles. The molecule has 0 saturated carbocycles. The summed E-state index contributed by atoms with van der Waals surface area (Å²) in [6.07, 6.45) is 5.54. The molecule has 0 aromatic heterocycles. The zero-order chi connectivity index (χ0) is 9.26. The van der Waals surface area contributed by atoms with E-state index in [1.807, 2.05) is 0 Å². The van der Waals surface area contributed by atoms with Crippen molar-refractivity contribution in [1.82, 2.24) is 4.90 Å². The van der Waals surface area contributed by atoms with Gasteiger partial charge in [0.15, 0.2) is 0 Å². The van der Waals surface area contributed by atoms with Crippen molar-refractivity contribution in [2.75, 3.05) is 6.54 Å². The molecule has 0 aromatic carbocycles. The maximum absolute atomic E-state index is 8.54. The van der Waals surface area contributed by atoms with E-state index < -0.39 is 0 Å². The van der Waals surface area contributed by atoms with Gasteiger partial charge in [-0.3, -0.25) is 4.90 Å². The molecule has 0 spiro atoms. The molecule has 2 bridgehead atoms. The third-order valence-corrected chi connectivity index (χ3v) is 3.40. The minimum Gasteiger partial charge on any atom is -0.328 e. The quantitative estimate of drug-likeness (QED) is 0.684. The Morgan fingerprint density at radius 3 is 2.46 bits per heavy atom. The highest BCUT2D eigenvalue weighted by atomic mass is 15.2. The molecule has 13 heavy (non-hydrogen) atoms. The Kier molecular flexibility index (Phi) is 2.52. The number of fused-ring (bicyclic) bond motifs is 2. The van der Waals surface area contributed by atoms with Gasteiger partial charge >= 0.3 is 0 Å². The lowest BCUT2D eigenvalue weighted by Crippen LogP contribution is -2.47. The zero-order valence-electron chi connectivity index (χ0n) is 7.95. The fourth-order valence-corrected chi connectivity index (χ4v) is 2.86. The average molecular weight is 179 g/mol. The third-order valence-electron chi connectivity index (χ3n) is 3.40. The summed E-state index contributed by atoms with van der Waals surface area (Å²) in [5.74, 6) is 0. The monoisotopic (exact) mass is 179 g/mol. The van der Waals surface area contributed by atoms with Gasteiger partial charge in [0.25, 0.3) is 0 Å². The van der Waals surface area contributed by atoms with Crippen LogP contribution in [-0.2, 0) is 0 Å². The molecule has 0 amide bonds. The van der Waals surface area contributed by atoms with Gasteiger partial charge in [-0.15, -0.1) is 0 Å². The number of nitrogens with zero attached hydrogens (tertiary/aromatic N) is 2. The predicted molar refractivity (Wildman–Crippen MR) is 51.0 cm³/mol. The Morgan fingerprint density at radius 2 is 1.92 bits per heavy atom. The summed E-state index contributed by atoms with van der Waals surface area (Å²) in [4.78, 5) is 2.51. The van der Waals surface area contributed by atoms with E-state index in [4.69, 9.17) is 11.0 Å². The molecule has 2 saturated heterocycles. The van der Waals surface area contributed by atoms with Gasteiger partial charge in [-0.2, -0.15) is 5.26 Å². The van der Waals surface area contributed by atoms with Gasteiger partial charge in [0.05, 0.1) is 6.07 Å². The van der Waals surface area contributed by atoms with Crippen molar-refractivity contribution >= 4 is 0 Å². The fourth-order valence-electron chi connectivity index (χ4n) is 2.86. The maximum Gasteiger partial charge on any atom is 0.0635 e. The molecule has 72 valence electrons. The largest absolute Gasteiger partial charge is 0.328 e. The van der Waals surface area contributed by atoms with Crippen molar-refractivity contribution in [3.8, 4) is 6.07 Å². The molecule has 0 unspecified atom stereocenters. The van der Waals surface area contributed by atoms with Crippen LogP contribution < -0.4 is 5.73 Å².